The fourth-order valence-corrected chi connectivity index (χ4v) is 1.48. The molecule has 0 saturated carbocycles. The van der Waals surface area contributed by atoms with Gasteiger partial charge in [-0.15, -0.1) is 11.8 Å². The van der Waals surface area contributed by atoms with E-state index in [-0.39, 0.29) is 5.82 Å². The van der Waals surface area contributed by atoms with Gasteiger partial charge in [0.25, 0.3) is 0 Å². The van der Waals surface area contributed by atoms with E-state index in [1.54, 1.807) is 6.07 Å². The molecule has 0 nitrogen and oxygen atoms in total. The van der Waals surface area contributed by atoms with Crippen molar-refractivity contribution < 1.29 is 4.39 Å². The highest BCUT2D eigenvalue weighted by molar-refractivity contribution is 7.98. The molecule has 1 aromatic rings. The Balaban J connectivity index is 3.09. The molecule has 0 atom stereocenters. The molecule has 0 aliphatic rings. The number of hydrogen-bond acceptors (Lipinski definition) is 1. The average Bonchev–Trinajstić information content (AvgIpc) is 1.94. The number of halogens is 2. The van der Waals surface area contributed by atoms with Crippen LogP contribution in [0.3, 0.4) is 0 Å². The second kappa shape index (κ2) is 3.26. The Bertz CT molecular complexity index is 237. The lowest BCUT2D eigenvalue weighted by Gasteiger charge is -1.97. The SMILES string of the molecule is CSc1cc(F)ccc1Cl. The summed E-state index contributed by atoms with van der Waals surface area (Å²) in [6.07, 6.45) is 1.86. The van der Waals surface area contributed by atoms with Crippen molar-refractivity contribution in [2.24, 2.45) is 0 Å². The standard InChI is InChI=1S/C7H6ClFS/c1-10-7-4-5(9)2-3-6(7)8/h2-4H,1H3. The van der Waals surface area contributed by atoms with Crippen LogP contribution in [-0.4, -0.2) is 6.26 Å². The highest BCUT2D eigenvalue weighted by Crippen LogP contribution is 2.25. The maximum Gasteiger partial charge on any atom is 0.124 e. The quantitative estimate of drug-likeness (QED) is 0.593. The molecular weight excluding hydrogens is 171 g/mol. The summed E-state index contributed by atoms with van der Waals surface area (Å²) < 4.78 is 12.5. The predicted octanol–water partition coefficient (Wildman–Crippen LogP) is 3.20. The van der Waals surface area contributed by atoms with Gasteiger partial charge in [0.1, 0.15) is 5.82 Å². The van der Waals surface area contributed by atoms with Crippen molar-refractivity contribution in [3.05, 3.63) is 29.0 Å². The summed E-state index contributed by atoms with van der Waals surface area (Å²) in [4.78, 5) is 0.779. The normalized spacial score (nSPS) is 9.90. The van der Waals surface area contributed by atoms with E-state index in [9.17, 15) is 4.39 Å². The predicted molar refractivity (Wildman–Crippen MR) is 43.2 cm³/mol. The first-order valence-electron chi connectivity index (χ1n) is 2.73. The van der Waals surface area contributed by atoms with Crippen molar-refractivity contribution in [3.63, 3.8) is 0 Å². The van der Waals surface area contributed by atoms with Crippen LogP contribution in [0, 0.1) is 5.82 Å². The minimum absolute atomic E-state index is 0.242. The summed E-state index contributed by atoms with van der Waals surface area (Å²) in [5.74, 6) is -0.242. The van der Waals surface area contributed by atoms with Crippen LogP contribution in [0.1, 0.15) is 0 Å². The van der Waals surface area contributed by atoms with Gasteiger partial charge in [-0.05, 0) is 24.5 Å². The van der Waals surface area contributed by atoms with Crippen molar-refractivity contribution >= 4 is 23.4 Å². The first kappa shape index (κ1) is 7.89. The summed E-state index contributed by atoms with van der Waals surface area (Å²) in [6, 6.07) is 4.33. The molecule has 1 aromatic carbocycles. The fourth-order valence-electron chi connectivity index (χ4n) is 0.634. The van der Waals surface area contributed by atoms with Gasteiger partial charge in [-0.3, -0.25) is 0 Å². The van der Waals surface area contributed by atoms with Gasteiger partial charge in [-0.25, -0.2) is 4.39 Å². The second-order valence-electron chi connectivity index (χ2n) is 1.78. The van der Waals surface area contributed by atoms with Crippen molar-refractivity contribution in [2.45, 2.75) is 4.90 Å². The van der Waals surface area contributed by atoms with E-state index in [4.69, 9.17) is 11.6 Å². The zero-order valence-corrected chi connectivity index (χ0v) is 6.97. The van der Waals surface area contributed by atoms with Crippen molar-refractivity contribution in [2.75, 3.05) is 6.26 Å². The Hall–Kier alpha value is -0.210. The lowest BCUT2D eigenvalue weighted by Crippen LogP contribution is -1.75. The van der Waals surface area contributed by atoms with E-state index in [0.29, 0.717) is 5.02 Å². The molecule has 0 radical (unpaired) electrons. The zero-order valence-electron chi connectivity index (χ0n) is 5.40. The zero-order chi connectivity index (χ0) is 7.56. The molecule has 0 aliphatic carbocycles. The first-order valence-corrected chi connectivity index (χ1v) is 4.33. The summed E-state index contributed by atoms with van der Waals surface area (Å²) in [6.45, 7) is 0. The maximum atomic E-state index is 12.5. The van der Waals surface area contributed by atoms with E-state index in [2.05, 4.69) is 0 Å². The van der Waals surface area contributed by atoms with E-state index in [1.807, 2.05) is 6.26 Å². The molecule has 3 heteroatoms. The van der Waals surface area contributed by atoms with Gasteiger partial charge in [-0.1, -0.05) is 11.6 Å². The molecule has 0 heterocycles. The van der Waals surface area contributed by atoms with Gasteiger partial charge in [-0.2, -0.15) is 0 Å². The number of rotatable bonds is 1. The molecule has 0 aliphatic heterocycles. The summed E-state index contributed by atoms with van der Waals surface area (Å²) in [5.41, 5.74) is 0. The topological polar surface area (TPSA) is 0 Å². The van der Waals surface area contributed by atoms with E-state index in [1.165, 1.54) is 23.9 Å². The van der Waals surface area contributed by atoms with E-state index < -0.39 is 0 Å². The van der Waals surface area contributed by atoms with Crippen LogP contribution in [0.4, 0.5) is 4.39 Å². The Kier molecular flexibility index (Phi) is 2.57. The molecule has 0 fully saturated rings. The van der Waals surface area contributed by atoms with E-state index in [0.717, 1.165) is 4.90 Å². The molecular formula is C7H6ClFS. The second-order valence-corrected chi connectivity index (χ2v) is 3.03. The fraction of sp³-hybridized carbons (Fsp3) is 0.143. The monoisotopic (exact) mass is 176 g/mol. The largest absolute Gasteiger partial charge is 0.207 e. The highest BCUT2D eigenvalue weighted by Gasteiger charge is 1.98. The maximum absolute atomic E-state index is 12.5. The minimum atomic E-state index is -0.242. The Morgan fingerprint density at radius 1 is 1.50 bits per heavy atom. The molecule has 0 amide bonds. The van der Waals surface area contributed by atoms with Crippen molar-refractivity contribution in [3.8, 4) is 0 Å². The molecule has 10 heavy (non-hydrogen) atoms. The van der Waals surface area contributed by atoms with E-state index >= 15 is 0 Å². The van der Waals surface area contributed by atoms with Gasteiger partial charge in [0.2, 0.25) is 0 Å². The van der Waals surface area contributed by atoms with Gasteiger partial charge < -0.3 is 0 Å². The van der Waals surface area contributed by atoms with Gasteiger partial charge in [0, 0.05) is 4.90 Å². The summed E-state index contributed by atoms with van der Waals surface area (Å²) >= 11 is 7.15. The third-order valence-electron chi connectivity index (χ3n) is 1.11. The Morgan fingerprint density at radius 2 is 2.20 bits per heavy atom. The third-order valence-corrected chi connectivity index (χ3v) is 2.33. The lowest BCUT2D eigenvalue weighted by molar-refractivity contribution is 0.624. The van der Waals surface area contributed by atoms with Crippen LogP contribution in [0.15, 0.2) is 23.1 Å². The van der Waals surface area contributed by atoms with Crippen LogP contribution in [0.5, 0.6) is 0 Å². The molecule has 0 saturated heterocycles. The lowest BCUT2D eigenvalue weighted by atomic mass is 10.3. The smallest absolute Gasteiger partial charge is 0.124 e. The molecule has 0 bridgehead atoms. The highest BCUT2D eigenvalue weighted by atomic mass is 35.5. The Morgan fingerprint density at radius 3 is 2.70 bits per heavy atom. The molecule has 54 valence electrons. The van der Waals surface area contributed by atoms with Gasteiger partial charge in [0.15, 0.2) is 0 Å². The third kappa shape index (κ3) is 1.64. The molecule has 0 aromatic heterocycles. The van der Waals surface area contributed by atoms with Gasteiger partial charge in [0.05, 0.1) is 5.02 Å². The number of benzene rings is 1. The molecule has 0 spiro atoms. The van der Waals surface area contributed by atoms with Crippen LogP contribution < -0.4 is 0 Å². The van der Waals surface area contributed by atoms with Crippen LogP contribution in [0.2, 0.25) is 5.02 Å². The average molecular weight is 177 g/mol. The van der Waals surface area contributed by atoms with Crippen molar-refractivity contribution in [1.29, 1.82) is 0 Å². The first-order chi connectivity index (χ1) is 4.74. The number of thioether (sulfide) groups is 1. The Labute approximate surface area is 68.4 Å². The van der Waals surface area contributed by atoms with Crippen LogP contribution in [-0.2, 0) is 0 Å². The minimum Gasteiger partial charge on any atom is -0.207 e. The van der Waals surface area contributed by atoms with Gasteiger partial charge >= 0.3 is 0 Å². The van der Waals surface area contributed by atoms with Crippen LogP contribution >= 0.6 is 23.4 Å². The molecule has 0 N–H and O–H groups in total. The number of hydrogen-bond donors (Lipinski definition) is 0. The molecule has 0 unspecified atom stereocenters. The molecule has 1 rings (SSSR count). The summed E-state index contributed by atoms with van der Waals surface area (Å²) in [5, 5.41) is 0.605. The summed E-state index contributed by atoms with van der Waals surface area (Å²) in [7, 11) is 0. The van der Waals surface area contributed by atoms with Crippen molar-refractivity contribution in [1.82, 2.24) is 0 Å². The van der Waals surface area contributed by atoms with Crippen LogP contribution in [0.25, 0.3) is 0 Å².